The first kappa shape index (κ1) is 23.7. The van der Waals surface area contributed by atoms with Gasteiger partial charge in [0.25, 0.3) is 5.56 Å². The maximum Gasteiger partial charge on any atom is 0.266 e. The van der Waals surface area contributed by atoms with Crippen LogP contribution in [0.5, 0.6) is 5.75 Å². The molecule has 8 nitrogen and oxygen atoms in total. The van der Waals surface area contributed by atoms with Crippen molar-refractivity contribution in [2.45, 2.75) is 0 Å². The van der Waals surface area contributed by atoms with Crippen LogP contribution in [0.1, 0.15) is 5.56 Å². The standard InChI is InChI=1S/C31H21N5O3/c1-38-22-14-10-19(11-15-22)24-17-27(34-29(33)25(24)18-32)20-8-12-21(13-9-20)36-30(28-7-4-16-39-28)35-26-6-3-2-5-23(26)31(36)37/h2-17H,1H3,(H2,33,34). The molecule has 0 aliphatic carbocycles. The van der Waals surface area contributed by atoms with Crippen molar-refractivity contribution in [2.24, 2.45) is 0 Å². The van der Waals surface area contributed by atoms with Gasteiger partial charge in [0.2, 0.25) is 0 Å². The van der Waals surface area contributed by atoms with Crippen LogP contribution in [-0.4, -0.2) is 21.6 Å². The predicted molar refractivity (Wildman–Crippen MR) is 147 cm³/mol. The quantitative estimate of drug-likeness (QED) is 0.309. The smallest absolute Gasteiger partial charge is 0.266 e. The van der Waals surface area contributed by atoms with E-state index in [1.54, 1.807) is 37.6 Å². The first-order valence-electron chi connectivity index (χ1n) is 12.1. The van der Waals surface area contributed by atoms with Crippen LogP contribution in [0.15, 0.2) is 106 Å². The zero-order valence-corrected chi connectivity index (χ0v) is 20.8. The minimum absolute atomic E-state index is 0.0138. The van der Waals surface area contributed by atoms with E-state index in [2.05, 4.69) is 11.1 Å². The molecule has 0 saturated heterocycles. The minimum Gasteiger partial charge on any atom is -0.497 e. The summed E-state index contributed by atoms with van der Waals surface area (Å²) in [5, 5.41) is 18.7. The maximum absolute atomic E-state index is 13.6. The number of nitrogens with one attached hydrogen (secondary N) is 2. The monoisotopic (exact) mass is 511 g/mol. The first-order chi connectivity index (χ1) is 19.1. The molecular formula is C31H21N5O3. The average molecular weight is 512 g/mol. The normalized spacial score (nSPS) is 10.9. The largest absolute Gasteiger partial charge is 0.497 e. The number of nitrogens with zero attached hydrogens (tertiary/aromatic N) is 3. The lowest BCUT2D eigenvalue weighted by Crippen LogP contribution is -2.21. The number of furan rings is 1. The molecule has 188 valence electrons. The number of benzene rings is 3. The van der Waals surface area contributed by atoms with Crippen LogP contribution in [0.2, 0.25) is 0 Å². The van der Waals surface area contributed by atoms with E-state index in [1.807, 2.05) is 66.7 Å². The molecule has 0 radical (unpaired) electrons. The number of fused-ring (bicyclic) bond motifs is 1. The molecule has 0 aliphatic heterocycles. The molecule has 0 fully saturated rings. The molecule has 2 N–H and O–H groups in total. The van der Waals surface area contributed by atoms with Crippen LogP contribution in [0.3, 0.4) is 0 Å². The van der Waals surface area contributed by atoms with Gasteiger partial charge in [-0.15, -0.1) is 0 Å². The molecule has 3 aromatic heterocycles. The highest BCUT2D eigenvalue weighted by Crippen LogP contribution is 2.29. The van der Waals surface area contributed by atoms with Gasteiger partial charge in [0.15, 0.2) is 11.6 Å². The molecule has 6 aromatic rings. The molecule has 8 heteroatoms. The van der Waals surface area contributed by atoms with Crippen LogP contribution >= 0.6 is 0 Å². The Morgan fingerprint density at radius 2 is 1.72 bits per heavy atom. The molecule has 3 aromatic carbocycles. The highest BCUT2D eigenvalue weighted by molar-refractivity contribution is 5.80. The van der Waals surface area contributed by atoms with E-state index >= 15 is 0 Å². The Balaban J connectivity index is 1.47. The lowest BCUT2D eigenvalue weighted by atomic mass is 9.99. The fourth-order valence-electron chi connectivity index (χ4n) is 4.59. The Morgan fingerprint density at radius 3 is 2.41 bits per heavy atom. The number of ether oxygens (including phenoxy) is 1. The summed E-state index contributed by atoms with van der Waals surface area (Å²) in [4.78, 5) is 21.3. The molecule has 0 bridgehead atoms. The van der Waals surface area contributed by atoms with E-state index < -0.39 is 0 Å². The zero-order valence-electron chi connectivity index (χ0n) is 20.8. The lowest BCUT2D eigenvalue weighted by molar-refractivity contribution is 0.415. The number of methoxy groups -OCH3 is 1. The number of H-pyrrole nitrogens is 1. The third-order valence-electron chi connectivity index (χ3n) is 6.53. The molecule has 39 heavy (non-hydrogen) atoms. The second-order valence-corrected chi connectivity index (χ2v) is 8.80. The SMILES string of the molecule is COc1ccc(-c2cc(-c3ccc(-n4c(-c5ccco5)nc5ccccc5c4=O)cc3)[nH]c(=N)c2C#N)cc1. The Labute approximate surface area is 222 Å². The van der Waals surface area contributed by atoms with Gasteiger partial charge in [-0.3, -0.25) is 14.8 Å². The van der Waals surface area contributed by atoms with Gasteiger partial charge in [-0.05, 0) is 65.7 Å². The fourth-order valence-corrected chi connectivity index (χ4v) is 4.59. The van der Waals surface area contributed by atoms with Crippen molar-refractivity contribution in [2.75, 3.05) is 7.11 Å². The van der Waals surface area contributed by atoms with Crippen molar-refractivity contribution in [3.63, 3.8) is 0 Å². The molecule has 0 amide bonds. The maximum atomic E-state index is 13.6. The molecule has 0 aliphatic rings. The van der Waals surface area contributed by atoms with Gasteiger partial charge < -0.3 is 14.1 Å². The average Bonchev–Trinajstić information content (AvgIpc) is 3.52. The number of aromatic amines is 1. The number of aromatic nitrogens is 3. The Kier molecular flexibility index (Phi) is 5.86. The minimum atomic E-state index is -0.208. The van der Waals surface area contributed by atoms with Crippen molar-refractivity contribution in [3.8, 4) is 51.5 Å². The van der Waals surface area contributed by atoms with Crippen molar-refractivity contribution < 1.29 is 9.15 Å². The van der Waals surface area contributed by atoms with Gasteiger partial charge in [0.1, 0.15) is 22.9 Å². The van der Waals surface area contributed by atoms with Gasteiger partial charge >= 0.3 is 0 Å². The van der Waals surface area contributed by atoms with Crippen LogP contribution in [0.25, 0.3) is 50.6 Å². The Morgan fingerprint density at radius 1 is 0.974 bits per heavy atom. The van der Waals surface area contributed by atoms with Crippen molar-refractivity contribution in [1.82, 2.24) is 14.5 Å². The third-order valence-corrected chi connectivity index (χ3v) is 6.53. The van der Waals surface area contributed by atoms with E-state index in [0.717, 1.165) is 11.1 Å². The number of para-hydroxylation sites is 1. The topological polar surface area (TPSA) is 121 Å². The van der Waals surface area contributed by atoms with E-state index in [4.69, 9.17) is 19.5 Å². The van der Waals surface area contributed by atoms with E-state index in [9.17, 15) is 10.1 Å². The number of rotatable bonds is 5. The highest BCUT2D eigenvalue weighted by atomic mass is 16.5. The second kappa shape index (κ2) is 9.65. The van der Waals surface area contributed by atoms with Gasteiger partial charge in [0.05, 0.1) is 30.0 Å². The molecular weight excluding hydrogens is 490 g/mol. The number of pyridine rings is 1. The molecule has 0 saturated carbocycles. The molecule has 0 atom stereocenters. The Bertz CT molecular complexity index is 1980. The summed E-state index contributed by atoms with van der Waals surface area (Å²) >= 11 is 0. The fraction of sp³-hybridized carbons (Fsp3) is 0.0323. The molecule has 0 spiro atoms. The highest BCUT2D eigenvalue weighted by Gasteiger charge is 2.17. The molecule has 3 heterocycles. The summed E-state index contributed by atoms with van der Waals surface area (Å²) in [6.45, 7) is 0. The lowest BCUT2D eigenvalue weighted by Gasteiger charge is -2.13. The van der Waals surface area contributed by atoms with Crippen molar-refractivity contribution in [3.05, 3.63) is 119 Å². The second-order valence-electron chi connectivity index (χ2n) is 8.80. The van der Waals surface area contributed by atoms with Crippen LogP contribution < -0.4 is 15.8 Å². The van der Waals surface area contributed by atoms with E-state index in [1.165, 1.54) is 4.57 Å². The molecule has 6 rings (SSSR count). The number of hydrogen-bond acceptors (Lipinski definition) is 6. The third kappa shape index (κ3) is 4.18. The molecule has 0 unspecified atom stereocenters. The number of nitriles is 1. The number of hydrogen-bond donors (Lipinski definition) is 2. The van der Waals surface area contributed by atoms with Gasteiger partial charge in [-0.2, -0.15) is 5.26 Å². The van der Waals surface area contributed by atoms with Crippen LogP contribution in [0, 0.1) is 16.7 Å². The summed E-state index contributed by atoms with van der Waals surface area (Å²) < 4.78 is 12.4. The van der Waals surface area contributed by atoms with Crippen molar-refractivity contribution in [1.29, 1.82) is 10.7 Å². The summed E-state index contributed by atoms with van der Waals surface area (Å²) in [6, 6.07) is 29.4. The zero-order chi connectivity index (χ0) is 26.9. The van der Waals surface area contributed by atoms with E-state index in [-0.39, 0.29) is 16.6 Å². The summed E-state index contributed by atoms with van der Waals surface area (Å²) in [5.74, 6) is 1.58. The van der Waals surface area contributed by atoms with Gasteiger partial charge in [-0.25, -0.2) is 4.98 Å². The van der Waals surface area contributed by atoms with Crippen LogP contribution in [0.4, 0.5) is 0 Å². The van der Waals surface area contributed by atoms with Crippen LogP contribution in [-0.2, 0) is 0 Å². The predicted octanol–water partition coefficient (Wildman–Crippen LogP) is 5.67. The van der Waals surface area contributed by atoms with E-state index in [0.29, 0.717) is 45.2 Å². The summed E-state index contributed by atoms with van der Waals surface area (Å²) in [6.07, 6.45) is 1.55. The van der Waals surface area contributed by atoms with Gasteiger partial charge in [0, 0.05) is 11.3 Å². The summed E-state index contributed by atoms with van der Waals surface area (Å²) in [5.41, 5.74) is 4.13. The Hall–Kier alpha value is -5.68. The van der Waals surface area contributed by atoms with Crippen molar-refractivity contribution >= 4 is 10.9 Å². The first-order valence-corrected chi connectivity index (χ1v) is 12.1. The van der Waals surface area contributed by atoms with Gasteiger partial charge in [-0.1, -0.05) is 36.4 Å². The summed E-state index contributed by atoms with van der Waals surface area (Å²) in [7, 11) is 1.59.